The summed E-state index contributed by atoms with van der Waals surface area (Å²) in [5, 5.41) is 7.02. The van der Waals surface area contributed by atoms with E-state index in [1.54, 1.807) is 0 Å². The molecule has 0 radical (unpaired) electrons. The number of nitrogens with zero attached hydrogens (tertiary/aromatic N) is 4. The first kappa shape index (κ1) is 13.5. The number of aromatic amines is 1. The molecule has 0 saturated carbocycles. The number of nitrogens with one attached hydrogen (secondary N) is 1. The van der Waals surface area contributed by atoms with Crippen molar-refractivity contribution in [2.24, 2.45) is 0 Å². The summed E-state index contributed by atoms with van der Waals surface area (Å²) in [6.07, 6.45) is 1.64. The largest absolute Gasteiger partial charge is 0.367 e. The molecule has 2 fully saturated rings. The molecule has 1 unspecified atom stereocenters. The van der Waals surface area contributed by atoms with Crippen molar-refractivity contribution < 1.29 is 9.53 Å². The number of carbonyl (C=O) groups is 1. The van der Waals surface area contributed by atoms with E-state index in [4.69, 9.17) is 4.74 Å². The minimum Gasteiger partial charge on any atom is -0.367 e. The second-order valence-corrected chi connectivity index (χ2v) is 5.42. The maximum Gasteiger partial charge on any atom is 0.222 e. The van der Waals surface area contributed by atoms with Crippen LogP contribution in [0.1, 0.15) is 30.6 Å². The monoisotopic (exact) mass is 279 g/mol. The zero-order valence-electron chi connectivity index (χ0n) is 11.8. The average Bonchev–Trinajstić information content (AvgIpc) is 3.06. The van der Waals surface area contributed by atoms with Crippen molar-refractivity contribution >= 4 is 5.91 Å². The van der Waals surface area contributed by atoms with Gasteiger partial charge in [-0.05, 0) is 13.3 Å². The molecule has 7 nitrogen and oxygen atoms in total. The van der Waals surface area contributed by atoms with Crippen LogP contribution in [-0.2, 0) is 9.53 Å². The fourth-order valence-corrected chi connectivity index (χ4v) is 2.77. The van der Waals surface area contributed by atoms with Crippen molar-refractivity contribution in [3.8, 4) is 0 Å². The lowest BCUT2D eigenvalue weighted by atomic mass is 10.2. The van der Waals surface area contributed by atoms with Crippen molar-refractivity contribution in [3.05, 3.63) is 11.6 Å². The van der Waals surface area contributed by atoms with Crippen LogP contribution in [0, 0.1) is 6.92 Å². The van der Waals surface area contributed by atoms with Crippen molar-refractivity contribution in [3.63, 3.8) is 0 Å². The lowest BCUT2D eigenvalue weighted by Gasteiger charge is -2.32. The van der Waals surface area contributed by atoms with Crippen LogP contribution in [0.25, 0.3) is 0 Å². The minimum absolute atomic E-state index is 0.0667. The van der Waals surface area contributed by atoms with Crippen LogP contribution in [0.2, 0.25) is 0 Å². The molecule has 1 aromatic heterocycles. The van der Waals surface area contributed by atoms with Crippen LogP contribution in [0.4, 0.5) is 0 Å². The molecule has 0 aromatic carbocycles. The molecular formula is C13H21N5O2. The van der Waals surface area contributed by atoms with Crippen LogP contribution in [0.3, 0.4) is 0 Å². The summed E-state index contributed by atoms with van der Waals surface area (Å²) in [5.74, 6) is 1.83. The van der Waals surface area contributed by atoms with Gasteiger partial charge in [0.2, 0.25) is 5.91 Å². The molecule has 2 aliphatic heterocycles. The van der Waals surface area contributed by atoms with Crippen LogP contribution >= 0.6 is 0 Å². The molecule has 0 spiro atoms. The predicted octanol–water partition coefficient (Wildman–Crippen LogP) is 0.109. The maximum atomic E-state index is 11.6. The first-order valence-corrected chi connectivity index (χ1v) is 7.23. The second-order valence-electron chi connectivity index (χ2n) is 5.42. The number of rotatable bonds is 4. The molecule has 2 saturated heterocycles. The fraction of sp³-hybridized carbons (Fsp3) is 0.769. The molecule has 1 aromatic rings. The zero-order chi connectivity index (χ0) is 13.9. The maximum absolute atomic E-state index is 11.6. The molecule has 0 bridgehead atoms. The Morgan fingerprint density at radius 3 is 3.00 bits per heavy atom. The lowest BCUT2D eigenvalue weighted by Crippen LogP contribution is -2.43. The Labute approximate surface area is 118 Å². The van der Waals surface area contributed by atoms with Gasteiger partial charge in [-0.2, -0.15) is 5.10 Å². The third-order valence-corrected chi connectivity index (χ3v) is 3.91. The number of ether oxygens (including phenoxy) is 1. The molecule has 1 amide bonds. The van der Waals surface area contributed by atoms with E-state index in [0.717, 1.165) is 50.8 Å². The number of aryl methyl sites for hydroxylation is 1. The number of likely N-dealkylation sites (tertiary alicyclic amines) is 1. The standard InChI is InChI=1S/C13H21N5O2/c1-10-14-13(16-15-10)11-9-17(7-8-20-11)5-6-18-4-2-3-12(18)19/h11H,2-9H2,1H3,(H,14,15,16). The smallest absolute Gasteiger partial charge is 0.222 e. The van der Waals surface area contributed by atoms with Crippen molar-refractivity contribution in [2.45, 2.75) is 25.9 Å². The Balaban J connectivity index is 1.51. The minimum atomic E-state index is -0.0667. The third kappa shape index (κ3) is 2.99. The average molecular weight is 279 g/mol. The highest BCUT2D eigenvalue weighted by Crippen LogP contribution is 2.19. The van der Waals surface area contributed by atoms with Crippen molar-refractivity contribution in [1.82, 2.24) is 25.0 Å². The van der Waals surface area contributed by atoms with Crippen LogP contribution in [-0.4, -0.2) is 70.2 Å². The van der Waals surface area contributed by atoms with Gasteiger partial charge < -0.3 is 9.64 Å². The molecule has 0 aliphatic carbocycles. The highest BCUT2D eigenvalue weighted by Gasteiger charge is 2.26. The Kier molecular flexibility index (Phi) is 3.98. The van der Waals surface area contributed by atoms with E-state index >= 15 is 0 Å². The van der Waals surface area contributed by atoms with E-state index in [1.165, 1.54) is 0 Å². The van der Waals surface area contributed by atoms with Gasteiger partial charge in [0.15, 0.2) is 5.82 Å². The quantitative estimate of drug-likeness (QED) is 0.846. The van der Waals surface area contributed by atoms with E-state index in [-0.39, 0.29) is 6.10 Å². The SMILES string of the molecule is Cc1nc(C2CN(CCN3CCCC3=O)CCO2)n[nH]1. The zero-order valence-corrected chi connectivity index (χ0v) is 11.8. The van der Waals surface area contributed by atoms with Gasteiger partial charge in [0.25, 0.3) is 0 Å². The van der Waals surface area contributed by atoms with Crippen molar-refractivity contribution in [1.29, 1.82) is 0 Å². The van der Waals surface area contributed by atoms with Gasteiger partial charge in [-0.25, -0.2) is 4.98 Å². The first-order valence-electron chi connectivity index (χ1n) is 7.23. The predicted molar refractivity (Wildman–Crippen MR) is 72.1 cm³/mol. The molecule has 1 atom stereocenters. The summed E-state index contributed by atoms with van der Waals surface area (Å²) < 4.78 is 5.73. The number of amides is 1. The number of hydrogen-bond acceptors (Lipinski definition) is 5. The van der Waals surface area contributed by atoms with E-state index in [9.17, 15) is 4.79 Å². The molecule has 3 rings (SSSR count). The Morgan fingerprint density at radius 2 is 2.30 bits per heavy atom. The fourth-order valence-electron chi connectivity index (χ4n) is 2.77. The lowest BCUT2D eigenvalue weighted by molar-refractivity contribution is -0.128. The second kappa shape index (κ2) is 5.88. The van der Waals surface area contributed by atoms with Gasteiger partial charge in [0.05, 0.1) is 6.61 Å². The molecule has 2 aliphatic rings. The molecule has 20 heavy (non-hydrogen) atoms. The van der Waals surface area contributed by atoms with Gasteiger partial charge in [-0.15, -0.1) is 0 Å². The third-order valence-electron chi connectivity index (χ3n) is 3.91. The molecule has 3 heterocycles. The normalized spacial score (nSPS) is 24.6. The van der Waals surface area contributed by atoms with Gasteiger partial charge in [-0.1, -0.05) is 0 Å². The number of carbonyl (C=O) groups excluding carboxylic acids is 1. The van der Waals surface area contributed by atoms with E-state index < -0.39 is 0 Å². The van der Waals surface area contributed by atoms with E-state index in [0.29, 0.717) is 18.9 Å². The van der Waals surface area contributed by atoms with Crippen LogP contribution < -0.4 is 0 Å². The summed E-state index contributed by atoms with van der Waals surface area (Å²) >= 11 is 0. The molecule has 7 heteroatoms. The van der Waals surface area contributed by atoms with Gasteiger partial charge in [-0.3, -0.25) is 14.8 Å². The Morgan fingerprint density at radius 1 is 1.40 bits per heavy atom. The summed E-state index contributed by atoms with van der Waals surface area (Å²) in [6, 6.07) is 0. The number of aromatic nitrogens is 3. The molecule has 110 valence electrons. The first-order chi connectivity index (χ1) is 9.72. The van der Waals surface area contributed by atoms with E-state index in [1.807, 2.05) is 11.8 Å². The topological polar surface area (TPSA) is 74.3 Å². The number of hydrogen-bond donors (Lipinski definition) is 1. The Bertz CT molecular complexity index is 475. The Hall–Kier alpha value is -1.47. The summed E-state index contributed by atoms with van der Waals surface area (Å²) in [7, 11) is 0. The molecule has 1 N–H and O–H groups in total. The number of morpholine rings is 1. The van der Waals surface area contributed by atoms with E-state index in [2.05, 4.69) is 20.1 Å². The number of H-pyrrole nitrogens is 1. The molecular weight excluding hydrogens is 258 g/mol. The summed E-state index contributed by atoms with van der Waals surface area (Å²) in [4.78, 5) is 20.2. The highest BCUT2D eigenvalue weighted by molar-refractivity contribution is 5.78. The summed E-state index contributed by atoms with van der Waals surface area (Å²) in [5.41, 5.74) is 0. The van der Waals surface area contributed by atoms with Gasteiger partial charge in [0, 0.05) is 39.1 Å². The highest BCUT2D eigenvalue weighted by atomic mass is 16.5. The van der Waals surface area contributed by atoms with Crippen molar-refractivity contribution in [2.75, 3.05) is 39.3 Å². The summed E-state index contributed by atoms with van der Waals surface area (Å²) in [6.45, 7) is 6.89. The van der Waals surface area contributed by atoms with Gasteiger partial charge >= 0.3 is 0 Å². The van der Waals surface area contributed by atoms with Crippen LogP contribution in [0.15, 0.2) is 0 Å². The van der Waals surface area contributed by atoms with Crippen LogP contribution in [0.5, 0.6) is 0 Å². The van der Waals surface area contributed by atoms with Gasteiger partial charge in [0.1, 0.15) is 11.9 Å².